The predicted octanol–water partition coefficient (Wildman–Crippen LogP) is 3.33. The van der Waals surface area contributed by atoms with Crippen LogP contribution in [0.5, 0.6) is 5.75 Å². The van der Waals surface area contributed by atoms with Crippen molar-refractivity contribution in [2.24, 2.45) is 0 Å². The Kier molecular flexibility index (Phi) is 5.19. The Balaban J connectivity index is 1.49. The molecule has 28 heavy (non-hydrogen) atoms. The molecule has 6 heteroatoms. The molecule has 2 aromatic carbocycles. The largest absolute Gasteiger partial charge is 0.494 e. The van der Waals surface area contributed by atoms with Crippen LogP contribution in [0.2, 0.25) is 0 Å². The fourth-order valence-electron chi connectivity index (χ4n) is 3.96. The van der Waals surface area contributed by atoms with E-state index in [4.69, 9.17) is 4.74 Å². The number of para-hydroxylation sites is 1. The topological polar surface area (TPSA) is 70.7 Å². The lowest BCUT2D eigenvalue weighted by atomic mass is 9.97. The number of fused-ring (bicyclic) bond motifs is 3. The summed E-state index contributed by atoms with van der Waals surface area (Å²) in [5.74, 6) is 0.624. The van der Waals surface area contributed by atoms with Gasteiger partial charge in [0.2, 0.25) is 5.91 Å². The van der Waals surface area contributed by atoms with Crippen molar-refractivity contribution in [1.82, 2.24) is 5.32 Å². The first-order valence-corrected chi connectivity index (χ1v) is 9.88. The van der Waals surface area contributed by atoms with E-state index in [1.807, 2.05) is 43.3 Å². The van der Waals surface area contributed by atoms with Gasteiger partial charge in [-0.2, -0.15) is 0 Å². The highest BCUT2D eigenvalue weighted by Gasteiger charge is 2.34. The number of carbonyl (C=O) groups excluding carboxylic acids is 2. The molecule has 0 unspecified atom stereocenters. The summed E-state index contributed by atoms with van der Waals surface area (Å²) in [6.07, 6.45) is 3.05. The molecular weight excluding hydrogens is 354 g/mol. The molecule has 2 amide bonds. The first-order valence-electron chi connectivity index (χ1n) is 9.88. The summed E-state index contributed by atoms with van der Waals surface area (Å²) >= 11 is 0. The first kappa shape index (κ1) is 18.3. The lowest BCUT2D eigenvalue weighted by Gasteiger charge is -2.41. The Morgan fingerprint density at radius 2 is 2.11 bits per heavy atom. The fourth-order valence-corrected chi connectivity index (χ4v) is 3.96. The molecule has 2 aromatic rings. The Hall–Kier alpha value is -3.02. The molecule has 0 saturated carbocycles. The van der Waals surface area contributed by atoms with Crippen molar-refractivity contribution in [3.05, 3.63) is 53.6 Å². The zero-order valence-corrected chi connectivity index (χ0v) is 16.0. The average Bonchev–Trinajstić information content (AvgIpc) is 2.73. The Bertz CT molecular complexity index is 896. The molecule has 0 aliphatic carbocycles. The van der Waals surface area contributed by atoms with E-state index in [1.165, 1.54) is 0 Å². The highest BCUT2D eigenvalue weighted by atomic mass is 16.5. The van der Waals surface area contributed by atoms with Crippen molar-refractivity contribution >= 4 is 23.2 Å². The molecule has 2 N–H and O–H groups in total. The normalized spacial score (nSPS) is 18.0. The molecule has 0 spiro atoms. The van der Waals surface area contributed by atoms with Gasteiger partial charge in [-0.05, 0) is 50.5 Å². The van der Waals surface area contributed by atoms with E-state index < -0.39 is 0 Å². The van der Waals surface area contributed by atoms with Gasteiger partial charge in [0.25, 0.3) is 5.91 Å². The molecule has 1 saturated heterocycles. The minimum absolute atomic E-state index is 0.0235. The number of ether oxygens (including phenoxy) is 1. The van der Waals surface area contributed by atoms with Crippen LogP contribution in [-0.4, -0.2) is 31.0 Å². The average molecular weight is 379 g/mol. The van der Waals surface area contributed by atoms with Gasteiger partial charge in [0.05, 0.1) is 18.0 Å². The van der Waals surface area contributed by atoms with Crippen LogP contribution in [0.4, 0.5) is 11.4 Å². The summed E-state index contributed by atoms with van der Waals surface area (Å²) in [4.78, 5) is 27.2. The van der Waals surface area contributed by atoms with Gasteiger partial charge >= 0.3 is 0 Å². The van der Waals surface area contributed by atoms with Gasteiger partial charge < -0.3 is 20.3 Å². The number of anilines is 2. The summed E-state index contributed by atoms with van der Waals surface area (Å²) in [5, 5.41) is 5.92. The summed E-state index contributed by atoms with van der Waals surface area (Å²) in [6.45, 7) is 3.77. The highest BCUT2D eigenvalue weighted by molar-refractivity contribution is 6.05. The maximum absolute atomic E-state index is 12.7. The van der Waals surface area contributed by atoms with Crippen LogP contribution in [-0.2, 0) is 11.3 Å². The van der Waals surface area contributed by atoms with Crippen LogP contribution in [0.1, 0.15) is 42.1 Å². The van der Waals surface area contributed by atoms with E-state index in [2.05, 4.69) is 15.5 Å². The Labute approximate surface area is 164 Å². The standard InChI is InChI=1S/C22H25N3O3/c1-2-28-20-9-4-3-7-16(20)14-23-21(26)15-10-11-18-17(13-15)24-22(27)19-8-5-6-12-25(18)19/h3-4,7,9-11,13,19H,2,5-6,8,12,14H2,1H3,(H,23,26)(H,24,27)/t19-/m0/s1. The molecule has 6 nitrogen and oxygen atoms in total. The highest BCUT2D eigenvalue weighted by Crippen LogP contribution is 2.36. The van der Waals surface area contributed by atoms with E-state index in [0.717, 1.165) is 42.8 Å². The van der Waals surface area contributed by atoms with Crippen LogP contribution in [0.3, 0.4) is 0 Å². The molecule has 146 valence electrons. The summed E-state index contributed by atoms with van der Waals surface area (Å²) < 4.78 is 5.61. The zero-order chi connectivity index (χ0) is 19.5. The summed E-state index contributed by atoms with van der Waals surface area (Å²) in [7, 11) is 0. The molecule has 0 aromatic heterocycles. The van der Waals surface area contributed by atoms with Gasteiger partial charge in [-0.1, -0.05) is 18.2 Å². The van der Waals surface area contributed by atoms with E-state index in [9.17, 15) is 9.59 Å². The number of amides is 2. The molecule has 4 rings (SSSR count). The molecule has 2 aliphatic rings. The molecule has 1 fully saturated rings. The van der Waals surface area contributed by atoms with Gasteiger partial charge in [-0.25, -0.2) is 0 Å². The molecule has 1 atom stereocenters. The molecule has 2 aliphatic heterocycles. The number of hydrogen-bond acceptors (Lipinski definition) is 4. The quantitative estimate of drug-likeness (QED) is 0.836. The minimum Gasteiger partial charge on any atom is -0.494 e. The summed E-state index contributed by atoms with van der Waals surface area (Å²) in [6, 6.07) is 13.1. The lowest BCUT2D eigenvalue weighted by Crippen LogP contribution is -2.50. The first-order chi connectivity index (χ1) is 13.7. The second-order valence-electron chi connectivity index (χ2n) is 7.15. The SMILES string of the molecule is CCOc1ccccc1CNC(=O)c1ccc2c(c1)NC(=O)[C@@H]1CCCCN21. The van der Waals surface area contributed by atoms with Crippen LogP contribution in [0.25, 0.3) is 0 Å². The van der Waals surface area contributed by atoms with Crippen molar-refractivity contribution in [2.75, 3.05) is 23.4 Å². The lowest BCUT2D eigenvalue weighted by molar-refractivity contribution is -0.118. The van der Waals surface area contributed by atoms with E-state index in [1.54, 1.807) is 6.07 Å². The maximum atomic E-state index is 12.7. The van der Waals surface area contributed by atoms with Gasteiger partial charge in [-0.15, -0.1) is 0 Å². The monoisotopic (exact) mass is 379 g/mol. The van der Waals surface area contributed by atoms with Crippen LogP contribution < -0.4 is 20.3 Å². The number of benzene rings is 2. The van der Waals surface area contributed by atoms with Crippen LogP contribution >= 0.6 is 0 Å². The van der Waals surface area contributed by atoms with Gasteiger partial charge in [0.15, 0.2) is 0 Å². The van der Waals surface area contributed by atoms with E-state index in [-0.39, 0.29) is 17.9 Å². The predicted molar refractivity (Wildman–Crippen MR) is 109 cm³/mol. The molecule has 2 heterocycles. The molecule has 0 bridgehead atoms. The van der Waals surface area contributed by atoms with Gasteiger partial charge in [0, 0.05) is 24.2 Å². The number of nitrogens with zero attached hydrogens (tertiary/aromatic N) is 1. The van der Waals surface area contributed by atoms with Crippen molar-refractivity contribution in [3.63, 3.8) is 0 Å². The fraction of sp³-hybridized carbons (Fsp3) is 0.364. The molecular formula is C22H25N3O3. The third-order valence-corrected chi connectivity index (χ3v) is 5.34. The third-order valence-electron chi connectivity index (χ3n) is 5.34. The number of carbonyl (C=O) groups is 2. The van der Waals surface area contributed by atoms with Crippen molar-refractivity contribution < 1.29 is 14.3 Å². The minimum atomic E-state index is -0.177. The van der Waals surface area contributed by atoms with Crippen molar-refractivity contribution in [1.29, 1.82) is 0 Å². The van der Waals surface area contributed by atoms with Crippen LogP contribution in [0, 0.1) is 0 Å². The number of rotatable bonds is 5. The van der Waals surface area contributed by atoms with Gasteiger partial charge in [-0.3, -0.25) is 9.59 Å². The van der Waals surface area contributed by atoms with Crippen molar-refractivity contribution in [3.8, 4) is 5.75 Å². The molecule has 0 radical (unpaired) electrons. The number of piperidine rings is 1. The van der Waals surface area contributed by atoms with E-state index in [0.29, 0.717) is 24.4 Å². The van der Waals surface area contributed by atoms with Gasteiger partial charge in [0.1, 0.15) is 11.8 Å². The second-order valence-corrected chi connectivity index (χ2v) is 7.15. The maximum Gasteiger partial charge on any atom is 0.251 e. The third kappa shape index (κ3) is 3.54. The number of nitrogens with one attached hydrogen (secondary N) is 2. The Morgan fingerprint density at radius 1 is 1.25 bits per heavy atom. The van der Waals surface area contributed by atoms with Crippen molar-refractivity contribution in [2.45, 2.75) is 38.8 Å². The smallest absolute Gasteiger partial charge is 0.251 e. The Morgan fingerprint density at radius 3 is 2.96 bits per heavy atom. The summed E-state index contributed by atoms with van der Waals surface area (Å²) in [5.41, 5.74) is 3.18. The van der Waals surface area contributed by atoms with E-state index >= 15 is 0 Å². The number of hydrogen-bond donors (Lipinski definition) is 2. The zero-order valence-electron chi connectivity index (χ0n) is 16.0. The second kappa shape index (κ2) is 7.92. The van der Waals surface area contributed by atoms with Crippen LogP contribution in [0.15, 0.2) is 42.5 Å².